The van der Waals surface area contributed by atoms with Crippen molar-refractivity contribution in [1.29, 1.82) is 0 Å². The van der Waals surface area contributed by atoms with E-state index in [9.17, 15) is 18.3 Å². The Hall–Kier alpha value is -2.42. The van der Waals surface area contributed by atoms with Gasteiger partial charge in [-0.25, -0.2) is 13.9 Å². The second-order valence-electron chi connectivity index (χ2n) is 5.51. The van der Waals surface area contributed by atoms with Gasteiger partial charge in [0.25, 0.3) is 5.91 Å². The Morgan fingerprint density at radius 1 is 1.12 bits per heavy atom. The van der Waals surface area contributed by atoms with E-state index in [-0.39, 0.29) is 23.6 Å². The topological polar surface area (TPSA) is 107 Å². The highest BCUT2D eigenvalue weighted by molar-refractivity contribution is 7.89. The standard InChI is InChI=1S/C16H16N2O5S/c19-13-7-6-11-9-15(16(20)17-21)18(10-12(11)8-13)24(22,23)14-4-2-1-3-5-14/h1-8,15,19,21H,9-10H2,(H,17,20)/t15-/m1/s1. The lowest BCUT2D eigenvalue weighted by Gasteiger charge is -2.34. The minimum atomic E-state index is -3.94. The molecule has 24 heavy (non-hydrogen) atoms. The Kier molecular flexibility index (Phi) is 4.27. The Morgan fingerprint density at radius 3 is 2.50 bits per heavy atom. The highest BCUT2D eigenvalue weighted by atomic mass is 32.2. The van der Waals surface area contributed by atoms with E-state index >= 15 is 0 Å². The van der Waals surface area contributed by atoms with Gasteiger partial charge in [0.1, 0.15) is 11.8 Å². The molecule has 1 aliphatic heterocycles. The third-order valence-electron chi connectivity index (χ3n) is 4.04. The molecule has 126 valence electrons. The molecule has 0 radical (unpaired) electrons. The fourth-order valence-electron chi connectivity index (χ4n) is 2.83. The number of sulfonamides is 1. The van der Waals surface area contributed by atoms with Crippen molar-refractivity contribution in [2.45, 2.75) is 23.9 Å². The maximum atomic E-state index is 12.9. The van der Waals surface area contributed by atoms with Crippen molar-refractivity contribution in [3.05, 3.63) is 59.7 Å². The molecule has 0 aliphatic carbocycles. The first-order chi connectivity index (χ1) is 11.4. The molecule has 3 rings (SSSR count). The molecule has 1 atom stereocenters. The summed E-state index contributed by atoms with van der Waals surface area (Å²) in [6, 6.07) is 11.3. The molecule has 0 aromatic heterocycles. The average molecular weight is 348 g/mol. The predicted octanol–water partition coefficient (Wildman–Crippen LogP) is 1.01. The zero-order valence-electron chi connectivity index (χ0n) is 12.6. The number of hydroxylamine groups is 1. The van der Waals surface area contributed by atoms with E-state index in [0.717, 1.165) is 9.87 Å². The molecule has 0 unspecified atom stereocenters. The van der Waals surface area contributed by atoms with Gasteiger partial charge in [-0.05, 0) is 41.8 Å². The molecule has 8 heteroatoms. The van der Waals surface area contributed by atoms with Crippen LogP contribution in [0.25, 0.3) is 0 Å². The molecular formula is C16H16N2O5S. The smallest absolute Gasteiger partial charge is 0.262 e. The quantitative estimate of drug-likeness (QED) is 0.567. The number of carbonyl (C=O) groups is 1. The van der Waals surface area contributed by atoms with Crippen molar-refractivity contribution in [3.8, 4) is 5.75 Å². The number of phenols is 1. The van der Waals surface area contributed by atoms with Crippen LogP contribution in [0.4, 0.5) is 0 Å². The average Bonchev–Trinajstić information content (AvgIpc) is 2.60. The maximum absolute atomic E-state index is 12.9. The van der Waals surface area contributed by atoms with E-state index in [1.807, 2.05) is 0 Å². The number of phenolic OH excluding ortho intramolecular Hbond substituents is 1. The molecule has 3 N–H and O–H groups in total. The summed E-state index contributed by atoms with van der Waals surface area (Å²) in [5, 5.41) is 18.6. The second kappa shape index (κ2) is 6.23. The molecule has 0 fully saturated rings. The van der Waals surface area contributed by atoms with Crippen LogP contribution >= 0.6 is 0 Å². The van der Waals surface area contributed by atoms with Gasteiger partial charge in [0, 0.05) is 6.54 Å². The highest BCUT2D eigenvalue weighted by Gasteiger charge is 2.39. The first-order valence-corrected chi connectivity index (χ1v) is 8.69. The third-order valence-corrected chi connectivity index (χ3v) is 5.91. The molecule has 0 saturated heterocycles. The van der Waals surface area contributed by atoms with Crippen LogP contribution in [0.5, 0.6) is 5.75 Å². The lowest BCUT2D eigenvalue weighted by atomic mass is 9.95. The van der Waals surface area contributed by atoms with Crippen LogP contribution in [0, 0.1) is 0 Å². The molecule has 2 aromatic carbocycles. The van der Waals surface area contributed by atoms with Crippen LogP contribution in [-0.4, -0.2) is 35.0 Å². The van der Waals surface area contributed by atoms with Gasteiger partial charge in [-0.2, -0.15) is 4.31 Å². The van der Waals surface area contributed by atoms with Crippen LogP contribution in [0.2, 0.25) is 0 Å². The summed E-state index contributed by atoms with van der Waals surface area (Å²) in [4.78, 5) is 12.1. The van der Waals surface area contributed by atoms with Gasteiger partial charge in [-0.3, -0.25) is 10.0 Å². The molecule has 2 aromatic rings. The van der Waals surface area contributed by atoms with Gasteiger partial charge in [-0.15, -0.1) is 0 Å². The van der Waals surface area contributed by atoms with E-state index in [4.69, 9.17) is 5.21 Å². The summed E-state index contributed by atoms with van der Waals surface area (Å²) in [6.45, 7) is -0.0704. The number of nitrogens with one attached hydrogen (secondary N) is 1. The van der Waals surface area contributed by atoms with Crippen molar-refractivity contribution in [2.24, 2.45) is 0 Å². The predicted molar refractivity (Wildman–Crippen MR) is 84.7 cm³/mol. The molecule has 1 amide bonds. The Bertz CT molecular complexity index is 867. The number of benzene rings is 2. The van der Waals surface area contributed by atoms with Crippen LogP contribution in [-0.2, 0) is 27.8 Å². The second-order valence-corrected chi connectivity index (χ2v) is 7.40. The van der Waals surface area contributed by atoms with Crippen LogP contribution in [0.15, 0.2) is 53.4 Å². The fourth-order valence-corrected chi connectivity index (χ4v) is 4.41. The number of fused-ring (bicyclic) bond motifs is 1. The summed E-state index contributed by atoms with van der Waals surface area (Å²) in [7, 11) is -3.94. The van der Waals surface area contributed by atoms with Gasteiger partial charge in [-0.1, -0.05) is 24.3 Å². The van der Waals surface area contributed by atoms with Gasteiger partial charge in [0.15, 0.2) is 0 Å². The van der Waals surface area contributed by atoms with Crippen molar-refractivity contribution in [2.75, 3.05) is 0 Å². The number of carbonyl (C=O) groups excluding carboxylic acids is 1. The summed E-state index contributed by atoms with van der Waals surface area (Å²) in [5.74, 6) is -0.774. The Balaban J connectivity index is 2.08. The lowest BCUT2D eigenvalue weighted by molar-refractivity contribution is -0.133. The summed E-state index contributed by atoms with van der Waals surface area (Å²) < 4.78 is 26.9. The third kappa shape index (κ3) is 2.86. The van der Waals surface area contributed by atoms with E-state index in [1.165, 1.54) is 29.7 Å². The molecule has 0 spiro atoms. The van der Waals surface area contributed by atoms with E-state index in [2.05, 4.69) is 0 Å². The SMILES string of the molecule is O=C(NO)[C@H]1Cc2ccc(O)cc2CN1S(=O)(=O)c1ccccc1. The zero-order chi connectivity index (χ0) is 17.3. The maximum Gasteiger partial charge on any atom is 0.262 e. The van der Waals surface area contributed by atoms with Gasteiger partial charge in [0.2, 0.25) is 10.0 Å². The lowest BCUT2D eigenvalue weighted by Crippen LogP contribution is -2.51. The van der Waals surface area contributed by atoms with Crippen LogP contribution in [0.3, 0.4) is 0 Å². The minimum absolute atomic E-state index is 0.0240. The normalized spacial score (nSPS) is 18.0. The fraction of sp³-hybridized carbons (Fsp3) is 0.188. The van der Waals surface area contributed by atoms with Crippen molar-refractivity contribution < 1.29 is 23.5 Å². The van der Waals surface area contributed by atoms with Gasteiger partial charge >= 0.3 is 0 Å². The Morgan fingerprint density at radius 2 is 1.83 bits per heavy atom. The number of nitrogens with zero attached hydrogens (tertiary/aromatic N) is 1. The largest absolute Gasteiger partial charge is 0.508 e. The van der Waals surface area contributed by atoms with Crippen LogP contribution < -0.4 is 5.48 Å². The van der Waals surface area contributed by atoms with E-state index in [0.29, 0.717) is 5.56 Å². The molecule has 0 saturated carbocycles. The van der Waals surface area contributed by atoms with Crippen LogP contribution in [0.1, 0.15) is 11.1 Å². The van der Waals surface area contributed by atoms with Crippen molar-refractivity contribution in [1.82, 2.24) is 9.79 Å². The summed E-state index contributed by atoms with van der Waals surface area (Å²) in [5.41, 5.74) is 2.91. The van der Waals surface area contributed by atoms with Crippen molar-refractivity contribution in [3.63, 3.8) is 0 Å². The first kappa shape index (κ1) is 16.4. The summed E-state index contributed by atoms with van der Waals surface area (Å²) in [6.07, 6.45) is 0.105. The number of aromatic hydroxyl groups is 1. The monoisotopic (exact) mass is 348 g/mol. The molecular weight excluding hydrogens is 332 g/mol. The van der Waals surface area contributed by atoms with E-state index in [1.54, 1.807) is 24.3 Å². The number of hydrogen-bond acceptors (Lipinski definition) is 5. The molecule has 1 heterocycles. The minimum Gasteiger partial charge on any atom is -0.508 e. The van der Waals surface area contributed by atoms with Crippen molar-refractivity contribution >= 4 is 15.9 Å². The number of amides is 1. The molecule has 1 aliphatic rings. The first-order valence-electron chi connectivity index (χ1n) is 7.25. The van der Waals surface area contributed by atoms with E-state index < -0.39 is 22.0 Å². The highest BCUT2D eigenvalue weighted by Crippen LogP contribution is 2.31. The Labute approximate surface area is 139 Å². The molecule has 7 nitrogen and oxygen atoms in total. The molecule has 0 bridgehead atoms. The summed E-state index contributed by atoms with van der Waals surface area (Å²) >= 11 is 0. The number of hydrogen-bond donors (Lipinski definition) is 3. The van der Waals surface area contributed by atoms with Gasteiger partial charge in [0.05, 0.1) is 4.90 Å². The number of rotatable bonds is 3. The van der Waals surface area contributed by atoms with Gasteiger partial charge < -0.3 is 5.11 Å². The zero-order valence-corrected chi connectivity index (χ0v) is 13.4.